The van der Waals surface area contributed by atoms with E-state index in [9.17, 15) is 13.2 Å². The Labute approximate surface area is 71.8 Å². The van der Waals surface area contributed by atoms with Crippen molar-refractivity contribution in [3.05, 3.63) is 0 Å². The van der Waals surface area contributed by atoms with Crippen molar-refractivity contribution in [3.8, 4) is 0 Å². The first-order chi connectivity index (χ1) is 5.55. The van der Waals surface area contributed by atoms with E-state index in [0.29, 0.717) is 12.8 Å². The first kappa shape index (κ1) is 9.51. The number of methoxy groups -OCH3 is 1. The topological polar surface area (TPSA) is 60.4 Å². The van der Waals surface area contributed by atoms with Crippen LogP contribution in [0.25, 0.3) is 0 Å². The number of ether oxygens (including phenoxy) is 1. The fourth-order valence-corrected chi connectivity index (χ4v) is 3.06. The number of esters is 1. The highest BCUT2D eigenvalue weighted by Crippen LogP contribution is 2.18. The van der Waals surface area contributed by atoms with E-state index in [4.69, 9.17) is 0 Å². The molecule has 12 heavy (non-hydrogen) atoms. The largest absolute Gasteiger partial charge is 0.469 e. The molecule has 1 unspecified atom stereocenters. The van der Waals surface area contributed by atoms with E-state index in [1.165, 1.54) is 7.11 Å². The van der Waals surface area contributed by atoms with Crippen LogP contribution >= 0.6 is 0 Å². The second kappa shape index (κ2) is 3.43. The Hall–Kier alpha value is -0.580. The summed E-state index contributed by atoms with van der Waals surface area (Å²) >= 11 is 0. The molecule has 0 bridgehead atoms. The van der Waals surface area contributed by atoms with Gasteiger partial charge in [-0.15, -0.1) is 0 Å². The molecule has 4 nitrogen and oxygen atoms in total. The van der Waals surface area contributed by atoms with Crippen molar-refractivity contribution in [1.82, 2.24) is 0 Å². The Balaban J connectivity index is 2.64. The average Bonchev–Trinajstić information content (AvgIpc) is 2.01. The maximum atomic E-state index is 11.1. The quantitative estimate of drug-likeness (QED) is 0.548. The van der Waals surface area contributed by atoms with E-state index in [1.807, 2.05) is 0 Å². The molecule has 0 spiro atoms. The molecule has 1 saturated heterocycles. The highest BCUT2D eigenvalue weighted by molar-refractivity contribution is 7.91. The number of sulfone groups is 1. The number of hydrogen-bond acceptors (Lipinski definition) is 4. The van der Waals surface area contributed by atoms with E-state index in [-0.39, 0.29) is 11.5 Å². The predicted molar refractivity (Wildman–Crippen MR) is 43.4 cm³/mol. The van der Waals surface area contributed by atoms with Crippen LogP contribution in [0.15, 0.2) is 0 Å². The van der Waals surface area contributed by atoms with Crippen LogP contribution in [0.3, 0.4) is 0 Å². The maximum Gasteiger partial charge on any atom is 0.309 e. The molecule has 0 aromatic carbocycles. The van der Waals surface area contributed by atoms with Gasteiger partial charge in [0.1, 0.15) is 0 Å². The van der Waals surface area contributed by atoms with Crippen molar-refractivity contribution in [2.45, 2.75) is 12.8 Å². The summed E-state index contributed by atoms with van der Waals surface area (Å²) in [4.78, 5) is 11.0. The van der Waals surface area contributed by atoms with Crippen LogP contribution < -0.4 is 0 Å². The molecule has 1 fully saturated rings. The van der Waals surface area contributed by atoms with Crippen molar-refractivity contribution in [1.29, 1.82) is 0 Å². The summed E-state index contributed by atoms with van der Waals surface area (Å²) in [5.41, 5.74) is 0. The summed E-state index contributed by atoms with van der Waals surface area (Å²) in [6.07, 6.45) is 1.20. The van der Waals surface area contributed by atoms with Crippen LogP contribution in [0.4, 0.5) is 0 Å². The molecular weight excluding hydrogens is 180 g/mol. The summed E-state index contributed by atoms with van der Waals surface area (Å²) in [6.45, 7) is 0. The molecule has 0 saturated carbocycles. The van der Waals surface area contributed by atoms with Gasteiger partial charge < -0.3 is 4.74 Å². The second-order valence-electron chi connectivity index (χ2n) is 2.98. The molecule has 0 aromatic rings. The van der Waals surface area contributed by atoms with Gasteiger partial charge in [-0.1, -0.05) is 0 Å². The van der Waals surface area contributed by atoms with Crippen molar-refractivity contribution in [3.63, 3.8) is 0 Å². The molecule has 1 rings (SSSR count). The molecule has 0 radical (unpaired) electrons. The van der Waals surface area contributed by atoms with Gasteiger partial charge in [-0.05, 0) is 12.8 Å². The minimum Gasteiger partial charge on any atom is -0.469 e. The van der Waals surface area contributed by atoms with Gasteiger partial charge in [0.25, 0.3) is 0 Å². The lowest BCUT2D eigenvalue weighted by atomic mass is 10.1. The smallest absolute Gasteiger partial charge is 0.309 e. The number of rotatable bonds is 1. The van der Waals surface area contributed by atoms with E-state index in [1.54, 1.807) is 0 Å². The summed E-state index contributed by atoms with van der Waals surface area (Å²) in [7, 11) is -1.71. The van der Waals surface area contributed by atoms with Gasteiger partial charge in [-0.25, -0.2) is 8.42 Å². The molecule has 5 heteroatoms. The van der Waals surface area contributed by atoms with E-state index in [0.717, 1.165) is 0 Å². The molecule has 0 aromatic heterocycles. The van der Waals surface area contributed by atoms with Gasteiger partial charge in [0.05, 0.1) is 24.5 Å². The van der Waals surface area contributed by atoms with Crippen molar-refractivity contribution in [2.24, 2.45) is 5.92 Å². The fraction of sp³-hybridized carbons (Fsp3) is 0.857. The highest BCUT2D eigenvalue weighted by Gasteiger charge is 2.30. The van der Waals surface area contributed by atoms with E-state index < -0.39 is 21.7 Å². The van der Waals surface area contributed by atoms with Crippen LogP contribution in [-0.4, -0.2) is 33.0 Å². The number of hydrogen-bond donors (Lipinski definition) is 0. The summed E-state index contributed by atoms with van der Waals surface area (Å²) < 4.78 is 26.6. The zero-order valence-corrected chi connectivity index (χ0v) is 7.76. The molecular formula is C7H12O4S. The third-order valence-electron chi connectivity index (χ3n) is 2.00. The monoisotopic (exact) mass is 192 g/mol. The Morgan fingerprint density at radius 2 is 2.17 bits per heavy atom. The first-order valence-electron chi connectivity index (χ1n) is 3.83. The van der Waals surface area contributed by atoms with E-state index >= 15 is 0 Å². The van der Waals surface area contributed by atoms with Gasteiger partial charge in [0.2, 0.25) is 0 Å². The average molecular weight is 192 g/mol. The summed E-state index contributed by atoms with van der Waals surface area (Å²) in [5.74, 6) is -0.674. The molecule has 0 amide bonds. The van der Waals surface area contributed by atoms with Gasteiger partial charge in [-0.3, -0.25) is 4.79 Å². The minimum atomic E-state index is -2.99. The van der Waals surface area contributed by atoms with E-state index in [2.05, 4.69) is 4.74 Å². The van der Waals surface area contributed by atoms with Crippen LogP contribution in [-0.2, 0) is 19.4 Å². The normalized spacial score (nSPS) is 27.9. The van der Waals surface area contributed by atoms with Crippen molar-refractivity contribution in [2.75, 3.05) is 18.6 Å². The molecule has 1 atom stereocenters. The molecule has 0 N–H and O–H groups in total. The first-order valence-corrected chi connectivity index (χ1v) is 5.65. The summed E-state index contributed by atoms with van der Waals surface area (Å²) in [5, 5.41) is 0. The molecule has 0 aliphatic carbocycles. The zero-order chi connectivity index (χ0) is 9.19. The Morgan fingerprint density at radius 3 is 2.67 bits per heavy atom. The molecule has 1 aliphatic heterocycles. The minimum absolute atomic E-state index is 0.0420. The molecule has 1 aliphatic rings. The van der Waals surface area contributed by atoms with Crippen LogP contribution in [0, 0.1) is 5.92 Å². The van der Waals surface area contributed by atoms with Gasteiger partial charge in [0, 0.05) is 0 Å². The maximum absolute atomic E-state index is 11.1. The van der Waals surface area contributed by atoms with Gasteiger partial charge >= 0.3 is 5.97 Å². The van der Waals surface area contributed by atoms with Crippen molar-refractivity contribution < 1.29 is 17.9 Å². The Bertz CT molecular complexity index is 267. The third kappa shape index (κ3) is 2.20. The van der Waals surface area contributed by atoms with Crippen molar-refractivity contribution >= 4 is 15.8 Å². The number of carbonyl (C=O) groups is 1. The summed E-state index contributed by atoms with van der Waals surface area (Å²) in [6, 6.07) is 0. The fourth-order valence-electron chi connectivity index (χ4n) is 1.38. The lowest BCUT2D eigenvalue weighted by Crippen LogP contribution is -2.31. The lowest BCUT2D eigenvalue weighted by molar-refractivity contribution is -0.145. The SMILES string of the molecule is COC(=O)C1CCCS(=O)(=O)C1. The lowest BCUT2D eigenvalue weighted by Gasteiger charge is -2.19. The van der Waals surface area contributed by atoms with Gasteiger partial charge in [0.15, 0.2) is 9.84 Å². The Kier molecular flexibility index (Phi) is 2.72. The predicted octanol–water partition coefficient (Wildman–Crippen LogP) is -0.0158. The van der Waals surface area contributed by atoms with Crippen LogP contribution in [0.1, 0.15) is 12.8 Å². The van der Waals surface area contributed by atoms with Gasteiger partial charge in [-0.2, -0.15) is 0 Å². The Morgan fingerprint density at radius 1 is 1.50 bits per heavy atom. The molecule has 1 heterocycles. The second-order valence-corrected chi connectivity index (χ2v) is 5.21. The standard InChI is InChI=1S/C7H12O4S/c1-11-7(8)6-3-2-4-12(9,10)5-6/h6H,2-5H2,1H3. The van der Waals surface area contributed by atoms with Crippen LogP contribution in [0.2, 0.25) is 0 Å². The zero-order valence-electron chi connectivity index (χ0n) is 6.95. The number of carbonyl (C=O) groups excluding carboxylic acids is 1. The third-order valence-corrected chi connectivity index (χ3v) is 3.82. The molecule has 70 valence electrons. The highest BCUT2D eigenvalue weighted by atomic mass is 32.2. The van der Waals surface area contributed by atoms with Crippen LogP contribution in [0.5, 0.6) is 0 Å².